The number of carboxylic acids is 1. The molecule has 2 aliphatic rings. The van der Waals surface area contributed by atoms with Crippen LogP contribution in [0.15, 0.2) is 0 Å². The predicted molar refractivity (Wildman–Crippen MR) is 78.0 cm³/mol. The molecule has 0 radical (unpaired) electrons. The first kappa shape index (κ1) is 16.1. The normalized spacial score (nSPS) is 24.4. The Morgan fingerprint density at radius 3 is 2.29 bits per heavy atom. The van der Waals surface area contributed by atoms with Gasteiger partial charge in [0.25, 0.3) is 0 Å². The maximum atomic E-state index is 12.2. The highest BCUT2D eigenvalue weighted by atomic mass is 16.4. The molecule has 21 heavy (non-hydrogen) atoms. The van der Waals surface area contributed by atoms with E-state index in [-0.39, 0.29) is 11.9 Å². The Morgan fingerprint density at radius 2 is 1.76 bits per heavy atom. The topological polar surface area (TPSA) is 89.9 Å². The van der Waals surface area contributed by atoms with Gasteiger partial charge in [0, 0.05) is 13.1 Å². The highest BCUT2D eigenvalue weighted by molar-refractivity contribution is 5.82. The average Bonchev–Trinajstić information content (AvgIpc) is 2.45. The Morgan fingerprint density at radius 1 is 1.19 bits per heavy atom. The fraction of sp³-hybridized carbons (Fsp3) is 0.867. The standard InChI is InChI=1S/C15H26N2O4/c1-15(21)7-9-17(10-8-15)14(20)16-12(13(18)19)11-5-3-2-4-6-11/h11-12,21H,2-10H2,1H3,(H,16,20)(H,18,19). The van der Waals surface area contributed by atoms with E-state index in [1.165, 1.54) is 0 Å². The van der Waals surface area contributed by atoms with Gasteiger partial charge in [-0.15, -0.1) is 0 Å². The number of hydrogen-bond acceptors (Lipinski definition) is 3. The molecule has 2 fully saturated rings. The first-order chi connectivity index (χ1) is 9.89. The van der Waals surface area contributed by atoms with Gasteiger partial charge >= 0.3 is 12.0 Å². The third-order valence-electron chi connectivity index (χ3n) is 4.79. The second-order valence-electron chi connectivity index (χ2n) is 6.65. The number of rotatable bonds is 3. The van der Waals surface area contributed by atoms with Gasteiger partial charge in [-0.25, -0.2) is 9.59 Å². The third kappa shape index (κ3) is 4.33. The van der Waals surface area contributed by atoms with Crippen LogP contribution in [-0.4, -0.2) is 51.8 Å². The summed E-state index contributed by atoms with van der Waals surface area (Å²) >= 11 is 0. The highest BCUT2D eigenvalue weighted by Gasteiger charge is 2.34. The maximum absolute atomic E-state index is 12.2. The molecule has 6 nitrogen and oxygen atoms in total. The van der Waals surface area contributed by atoms with E-state index in [0.29, 0.717) is 25.9 Å². The molecule has 1 heterocycles. The summed E-state index contributed by atoms with van der Waals surface area (Å²) in [6.07, 6.45) is 6.02. The Hall–Kier alpha value is -1.30. The van der Waals surface area contributed by atoms with Gasteiger partial charge < -0.3 is 20.4 Å². The van der Waals surface area contributed by atoms with Gasteiger partial charge in [0.1, 0.15) is 6.04 Å². The first-order valence-electron chi connectivity index (χ1n) is 7.90. The summed E-state index contributed by atoms with van der Waals surface area (Å²) in [5, 5.41) is 22.0. The zero-order valence-electron chi connectivity index (χ0n) is 12.7. The second kappa shape index (κ2) is 6.64. The van der Waals surface area contributed by atoms with Crippen LogP contribution in [0.2, 0.25) is 0 Å². The van der Waals surface area contributed by atoms with Crippen LogP contribution in [-0.2, 0) is 4.79 Å². The van der Waals surface area contributed by atoms with Crippen molar-refractivity contribution in [3.63, 3.8) is 0 Å². The molecular weight excluding hydrogens is 272 g/mol. The molecule has 0 bridgehead atoms. The van der Waals surface area contributed by atoms with Crippen LogP contribution >= 0.6 is 0 Å². The molecule has 0 aromatic carbocycles. The Balaban J connectivity index is 1.91. The smallest absolute Gasteiger partial charge is 0.326 e. The molecule has 1 unspecified atom stereocenters. The minimum absolute atomic E-state index is 0.0353. The molecule has 1 atom stereocenters. The van der Waals surface area contributed by atoms with Gasteiger partial charge in [-0.3, -0.25) is 0 Å². The number of carboxylic acid groups (broad SMARTS) is 1. The lowest BCUT2D eigenvalue weighted by Crippen LogP contribution is -2.54. The number of aliphatic hydroxyl groups is 1. The van der Waals surface area contributed by atoms with Crippen LogP contribution in [0, 0.1) is 5.92 Å². The minimum atomic E-state index is -0.945. The van der Waals surface area contributed by atoms with Crippen molar-refractivity contribution in [1.82, 2.24) is 10.2 Å². The van der Waals surface area contributed by atoms with Crippen LogP contribution < -0.4 is 5.32 Å². The second-order valence-corrected chi connectivity index (χ2v) is 6.65. The lowest BCUT2D eigenvalue weighted by molar-refractivity contribution is -0.141. The molecule has 3 N–H and O–H groups in total. The maximum Gasteiger partial charge on any atom is 0.326 e. The number of piperidine rings is 1. The van der Waals surface area contributed by atoms with Crippen molar-refractivity contribution in [2.75, 3.05) is 13.1 Å². The van der Waals surface area contributed by atoms with Crippen LogP contribution in [0.1, 0.15) is 51.9 Å². The predicted octanol–water partition coefficient (Wildman–Crippen LogP) is 1.58. The van der Waals surface area contributed by atoms with E-state index in [1.54, 1.807) is 11.8 Å². The number of aliphatic carboxylic acids is 1. The molecule has 1 saturated carbocycles. The van der Waals surface area contributed by atoms with Crippen molar-refractivity contribution >= 4 is 12.0 Å². The largest absolute Gasteiger partial charge is 0.480 e. The summed E-state index contributed by atoms with van der Waals surface area (Å²) in [6.45, 7) is 2.70. The summed E-state index contributed by atoms with van der Waals surface area (Å²) in [4.78, 5) is 25.3. The number of nitrogens with one attached hydrogen (secondary N) is 1. The molecule has 0 spiro atoms. The van der Waals surface area contributed by atoms with E-state index in [9.17, 15) is 19.8 Å². The van der Waals surface area contributed by atoms with Crippen molar-refractivity contribution in [3.8, 4) is 0 Å². The number of nitrogens with zero attached hydrogens (tertiary/aromatic N) is 1. The van der Waals surface area contributed by atoms with Gasteiger partial charge in [-0.05, 0) is 38.5 Å². The number of carbonyl (C=O) groups is 2. The Labute approximate surface area is 125 Å². The van der Waals surface area contributed by atoms with E-state index in [1.807, 2.05) is 0 Å². The zero-order valence-corrected chi connectivity index (χ0v) is 12.7. The van der Waals surface area contributed by atoms with Crippen molar-refractivity contribution < 1.29 is 19.8 Å². The van der Waals surface area contributed by atoms with Crippen molar-refractivity contribution in [3.05, 3.63) is 0 Å². The molecule has 6 heteroatoms. The van der Waals surface area contributed by atoms with Gasteiger partial charge in [-0.1, -0.05) is 19.3 Å². The van der Waals surface area contributed by atoms with Gasteiger partial charge in [0.05, 0.1) is 5.60 Å². The van der Waals surface area contributed by atoms with E-state index in [4.69, 9.17) is 0 Å². The zero-order chi connectivity index (χ0) is 15.5. The molecule has 1 aliphatic carbocycles. The van der Waals surface area contributed by atoms with Crippen LogP contribution in [0.4, 0.5) is 4.79 Å². The molecule has 1 saturated heterocycles. The SMILES string of the molecule is CC1(O)CCN(C(=O)NC(C(=O)O)C2CCCCC2)CC1. The molecular formula is C15H26N2O4. The van der Waals surface area contributed by atoms with Gasteiger partial charge in [0.15, 0.2) is 0 Å². The average molecular weight is 298 g/mol. The fourth-order valence-electron chi connectivity index (χ4n) is 3.26. The van der Waals surface area contributed by atoms with Gasteiger partial charge in [-0.2, -0.15) is 0 Å². The lowest BCUT2D eigenvalue weighted by Gasteiger charge is -2.37. The van der Waals surface area contributed by atoms with E-state index >= 15 is 0 Å². The molecule has 1 aliphatic heterocycles. The summed E-state index contributed by atoms with van der Waals surface area (Å²) in [5.74, 6) is -0.910. The first-order valence-corrected chi connectivity index (χ1v) is 7.90. The number of urea groups is 1. The van der Waals surface area contributed by atoms with E-state index < -0.39 is 17.6 Å². The monoisotopic (exact) mass is 298 g/mol. The van der Waals surface area contributed by atoms with Crippen LogP contribution in [0.5, 0.6) is 0 Å². The van der Waals surface area contributed by atoms with Crippen molar-refractivity contribution in [2.24, 2.45) is 5.92 Å². The summed E-state index contributed by atoms with van der Waals surface area (Å²) in [6, 6.07) is -1.11. The van der Waals surface area contributed by atoms with Gasteiger partial charge in [0.2, 0.25) is 0 Å². The number of carbonyl (C=O) groups excluding carboxylic acids is 1. The minimum Gasteiger partial charge on any atom is -0.480 e. The highest BCUT2D eigenvalue weighted by Crippen LogP contribution is 2.27. The van der Waals surface area contributed by atoms with Crippen LogP contribution in [0.3, 0.4) is 0 Å². The quantitative estimate of drug-likeness (QED) is 0.738. The molecule has 0 aromatic rings. The number of hydrogen-bond donors (Lipinski definition) is 3. The lowest BCUT2D eigenvalue weighted by atomic mass is 9.84. The Kier molecular flexibility index (Phi) is 5.08. The summed E-state index contributed by atoms with van der Waals surface area (Å²) in [7, 11) is 0. The fourth-order valence-corrected chi connectivity index (χ4v) is 3.26. The molecule has 2 amide bonds. The molecule has 0 aromatic heterocycles. The number of amides is 2. The Bertz CT molecular complexity index is 381. The molecule has 2 rings (SSSR count). The number of likely N-dealkylation sites (tertiary alicyclic amines) is 1. The van der Waals surface area contributed by atoms with Crippen LogP contribution in [0.25, 0.3) is 0 Å². The molecule has 120 valence electrons. The summed E-state index contributed by atoms with van der Waals surface area (Å²) in [5.41, 5.74) is -0.716. The van der Waals surface area contributed by atoms with Crippen molar-refractivity contribution in [1.29, 1.82) is 0 Å². The summed E-state index contributed by atoms with van der Waals surface area (Å²) < 4.78 is 0. The van der Waals surface area contributed by atoms with E-state index in [2.05, 4.69) is 5.32 Å². The van der Waals surface area contributed by atoms with E-state index in [0.717, 1.165) is 32.1 Å². The third-order valence-corrected chi connectivity index (χ3v) is 4.79. The van der Waals surface area contributed by atoms with Crippen molar-refractivity contribution in [2.45, 2.75) is 63.5 Å².